The van der Waals surface area contributed by atoms with E-state index in [9.17, 15) is 4.79 Å². The fourth-order valence-corrected chi connectivity index (χ4v) is 2.91. The minimum atomic E-state index is 0. The van der Waals surface area contributed by atoms with Gasteiger partial charge in [-0.3, -0.25) is 10.2 Å². The van der Waals surface area contributed by atoms with E-state index in [1.54, 1.807) is 0 Å². The summed E-state index contributed by atoms with van der Waals surface area (Å²) in [6.45, 7) is 1.92. The van der Waals surface area contributed by atoms with Crippen LogP contribution in [0, 0.1) is 5.41 Å². The fourth-order valence-electron chi connectivity index (χ4n) is 2.91. The molecule has 2 aromatic carbocycles. The number of guanidine groups is 1. The number of carbonyl (C=O) groups is 1. The normalized spacial score (nSPS) is 13.0. The molecule has 26 heavy (non-hydrogen) atoms. The number of amides is 1. The third kappa shape index (κ3) is 5.88. The monoisotopic (exact) mass is 416 g/mol. The Hall–Kier alpha value is -2.34. The molecule has 1 aliphatic heterocycles. The zero-order chi connectivity index (χ0) is 17.5. The highest BCUT2D eigenvalue weighted by Gasteiger charge is 2.14. The number of carbonyl (C=O) groups excluding carboxylic acids is 1. The number of para-hydroxylation sites is 1. The maximum absolute atomic E-state index is 12.0. The van der Waals surface area contributed by atoms with Gasteiger partial charge in [-0.05, 0) is 49.1 Å². The van der Waals surface area contributed by atoms with Gasteiger partial charge in [0.1, 0.15) is 0 Å². The summed E-state index contributed by atoms with van der Waals surface area (Å²) < 4.78 is 0. The van der Waals surface area contributed by atoms with Gasteiger partial charge in [-0.2, -0.15) is 0 Å². The number of nitrogens with one attached hydrogen (secondary N) is 3. The second kappa shape index (κ2) is 9.97. The Kier molecular flexibility index (Phi) is 7.66. The largest absolute Gasteiger partial charge is 0.343 e. The number of hydrogen-bond acceptors (Lipinski definition) is 2. The molecular formula is C20H25BrN4O. The Morgan fingerprint density at radius 3 is 2.19 bits per heavy atom. The van der Waals surface area contributed by atoms with Gasteiger partial charge in [0.15, 0.2) is 5.96 Å². The van der Waals surface area contributed by atoms with Crippen LogP contribution in [-0.2, 0) is 11.2 Å². The standard InChI is InChI=1S/C20H24N4O.BrH/c21-20(24-14-4-5-15-24)23-18-11-8-16(9-12-18)10-13-19(25)22-17-6-2-1-3-7-17;/h1-3,6-9,11-12H,4-5,10,13-15H2,(H2,21,23)(H,22,25);1H. The molecule has 6 heteroatoms. The third-order valence-electron chi connectivity index (χ3n) is 4.34. The molecule has 1 aliphatic rings. The summed E-state index contributed by atoms with van der Waals surface area (Å²) in [5, 5.41) is 14.1. The van der Waals surface area contributed by atoms with Gasteiger partial charge in [0, 0.05) is 30.9 Å². The van der Waals surface area contributed by atoms with E-state index in [2.05, 4.69) is 15.5 Å². The molecule has 138 valence electrons. The van der Waals surface area contributed by atoms with Gasteiger partial charge in [0.25, 0.3) is 0 Å². The summed E-state index contributed by atoms with van der Waals surface area (Å²) in [6, 6.07) is 17.5. The zero-order valence-electron chi connectivity index (χ0n) is 14.7. The maximum atomic E-state index is 12.0. The molecule has 0 atom stereocenters. The number of rotatable bonds is 5. The van der Waals surface area contributed by atoms with E-state index >= 15 is 0 Å². The van der Waals surface area contributed by atoms with E-state index in [0.29, 0.717) is 18.8 Å². The van der Waals surface area contributed by atoms with Crippen LogP contribution >= 0.6 is 17.0 Å². The van der Waals surface area contributed by atoms with Crippen LogP contribution in [0.1, 0.15) is 24.8 Å². The lowest BCUT2D eigenvalue weighted by Gasteiger charge is -2.19. The number of likely N-dealkylation sites (tertiary alicyclic amines) is 1. The molecule has 0 aliphatic carbocycles. The molecule has 5 nitrogen and oxygen atoms in total. The second-order valence-electron chi connectivity index (χ2n) is 6.28. The van der Waals surface area contributed by atoms with Gasteiger partial charge in [-0.15, -0.1) is 17.0 Å². The van der Waals surface area contributed by atoms with Crippen LogP contribution in [0.2, 0.25) is 0 Å². The third-order valence-corrected chi connectivity index (χ3v) is 4.34. The first-order valence-electron chi connectivity index (χ1n) is 8.75. The summed E-state index contributed by atoms with van der Waals surface area (Å²) in [4.78, 5) is 14.0. The lowest BCUT2D eigenvalue weighted by atomic mass is 10.1. The number of benzene rings is 2. The van der Waals surface area contributed by atoms with Gasteiger partial charge < -0.3 is 15.5 Å². The first-order valence-corrected chi connectivity index (χ1v) is 8.75. The van der Waals surface area contributed by atoms with Crippen molar-refractivity contribution in [1.82, 2.24) is 4.90 Å². The Balaban J connectivity index is 0.00000243. The molecule has 3 rings (SSSR count). The number of aryl methyl sites for hydroxylation is 1. The quantitative estimate of drug-likeness (QED) is 0.503. The smallest absolute Gasteiger partial charge is 0.224 e. The van der Waals surface area contributed by atoms with Gasteiger partial charge in [0.2, 0.25) is 5.91 Å². The summed E-state index contributed by atoms with van der Waals surface area (Å²) in [5.74, 6) is 0.483. The molecule has 1 saturated heterocycles. The summed E-state index contributed by atoms with van der Waals surface area (Å²) >= 11 is 0. The number of anilines is 2. The zero-order valence-corrected chi connectivity index (χ0v) is 16.4. The second-order valence-corrected chi connectivity index (χ2v) is 6.28. The topological polar surface area (TPSA) is 68.2 Å². The number of nitrogens with zero attached hydrogens (tertiary/aromatic N) is 1. The first-order chi connectivity index (χ1) is 12.2. The first kappa shape index (κ1) is 20.0. The van der Waals surface area contributed by atoms with Crippen LogP contribution in [0.25, 0.3) is 0 Å². The Morgan fingerprint density at radius 2 is 1.54 bits per heavy atom. The average Bonchev–Trinajstić information content (AvgIpc) is 3.17. The van der Waals surface area contributed by atoms with Crippen LogP contribution < -0.4 is 10.6 Å². The van der Waals surface area contributed by atoms with Gasteiger partial charge in [-0.25, -0.2) is 0 Å². The summed E-state index contributed by atoms with van der Waals surface area (Å²) in [6.07, 6.45) is 3.47. The van der Waals surface area contributed by atoms with E-state index < -0.39 is 0 Å². The van der Waals surface area contributed by atoms with Crippen molar-refractivity contribution in [3.8, 4) is 0 Å². The maximum Gasteiger partial charge on any atom is 0.224 e. The lowest BCUT2D eigenvalue weighted by molar-refractivity contribution is -0.116. The molecule has 0 unspecified atom stereocenters. The summed E-state index contributed by atoms with van der Waals surface area (Å²) in [5.41, 5.74) is 2.85. The van der Waals surface area contributed by atoms with Crippen LogP contribution in [0.5, 0.6) is 0 Å². The highest BCUT2D eigenvalue weighted by atomic mass is 79.9. The molecule has 1 amide bonds. The molecule has 0 saturated carbocycles. The van der Waals surface area contributed by atoms with E-state index in [0.717, 1.165) is 42.9 Å². The van der Waals surface area contributed by atoms with E-state index in [4.69, 9.17) is 5.41 Å². The predicted molar refractivity (Wildman–Crippen MR) is 112 cm³/mol. The highest BCUT2D eigenvalue weighted by Crippen LogP contribution is 2.14. The molecule has 0 bridgehead atoms. The molecule has 0 spiro atoms. The molecule has 1 heterocycles. The molecule has 0 radical (unpaired) electrons. The van der Waals surface area contributed by atoms with E-state index in [-0.39, 0.29) is 22.9 Å². The van der Waals surface area contributed by atoms with Gasteiger partial charge in [-0.1, -0.05) is 30.3 Å². The van der Waals surface area contributed by atoms with Crippen molar-refractivity contribution in [3.05, 3.63) is 60.2 Å². The van der Waals surface area contributed by atoms with Crippen LogP contribution in [0.15, 0.2) is 54.6 Å². The van der Waals surface area contributed by atoms with Crippen LogP contribution in [-0.4, -0.2) is 29.9 Å². The van der Waals surface area contributed by atoms with Crippen molar-refractivity contribution in [2.45, 2.75) is 25.7 Å². The van der Waals surface area contributed by atoms with Crippen molar-refractivity contribution in [2.24, 2.45) is 0 Å². The van der Waals surface area contributed by atoms with Gasteiger partial charge in [0.05, 0.1) is 0 Å². The predicted octanol–water partition coefficient (Wildman–Crippen LogP) is 4.28. The Bertz CT molecular complexity index is 712. The average molecular weight is 417 g/mol. The Morgan fingerprint density at radius 1 is 0.923 bits per heavy atom. The number of halogens is 1. The van der Waals surface area contributed by atoms with E-state index in [1.165, 1.54) is 0 Å². The van der Waals surface area contributed by atoms with Crippen molar-refractivity contribution in [3.63, 3.8) is 0 Å². The van der Waals surface area contributed by atoms with Crippen LogP contribution in [0.3, 0.4) is 0 Å². The molecule has 3 N–H and O–H groups in total. The fraction of sp³-hybridized carbons (Fsp3) is 0.300. The number of hydrogen-bond donors (Lipinski definition) is 3. The van der Waals surface area contributed by atoms with Gasteiger partial charge >= 0.3 is 0 Å². The Labute approximate surface area is 165 Å². The molecule has 1 fully saturated rings. The van der Waals surface area contributed by atoms with Crippen molar-refractivity contribution in [2.75, 3.05) is 23.7 Å². The lowest BCUT2D eigenvalue weighted by Crippen LogP contribution is -2.32. The highest BCUT2D eigenvalue weighted by molar-refractivity contribution is 8.93. The molecule has 2 aromatic rings. The van der Waals surface area contributed by atoms with Crippen molar-refractivity contribution >= 4 is 40.2 Å². The van der Waals surface area contributed by atoms with Crippen LogP contribution in [0.4, 0.5) is 11.4 Å². The SMILES string of the molecule is Br.N=C(Nc1ccc(CCC(=O)Nc2ccccc2)cc1)N1CCCC1. The van der Waals surface area contributed by atoms with E-state index in [1.807, 2.05) is 54.6 Å². The minimum absolute atomic E-state index is 0. The van der Waals surface area contributed by atoms with Crippen molar-refractivity contribution < 1.29 is 4.79 Å². The molecular weight excluding hydrogens is 392 g/mol. The van der Waals surface area contributed by atoms with Crippen molar-refractivity contribution in [1.29, 1.82) is 5.41 Å². The minimum Gasteiger partial charge on any atom is -0.343 e. The summed E-state index contributed by atoms with van der Waals surface area (Å²) in [7, 11) is 0. The molecule has 0 aromatic heterocycles.